The lowest BCUT2D eigenvalue weighted by molar-refractivity contribution is -0.394. The molecule has 3 amide bonds. The topological polar surface area (TPSA) is 184 Å². The molecule has 3 heterocycles. The van der Waals surface area contributed by atoms with Crippen molar-refractivity contribution in [3.05, 3.63) is 79.4 Å². The average molecular weight is 481 g/mol. The van der Waals surface area contributed by atoms with Crippen molar-refractivity contribution in [1.82, 2.24) is 10.3 Å². The molecular formula is C21H15N5O9. The molecule has 0 aliphatic carbocycles. The van der Waals surface area contributed by atoms with Gasteiger partial charge in [0, 0.05) is 18.6 Å². The van der Waals surface area contributed by atoms with Crippen molar-refractivity contribution in [2.45, 2.75) is 24.9 Å². The predicted molar refractivity (Wildman–Crippen MR) is 115 cm³/mol. The number of fused-ring (bicyclic) bond motifs is 3. The number of nitro benzene ring substituents is 2. The summed E-state index contributed by atoms with van der Waals surface area (Å²) in [6, 6.07) is 8.17. The Labute approximate surface area is 195 Å². The number of hydrogen-bond acceptors (Lipinski definition) is 10. The quantitative estimate of drug-likeness (QED) is 0.374. The first-order valence-electron chi connectivity index (χ1n) is 10.3. The molecule has 3 unspecified atom stereocenters. The third kappa shape index (κ3) is 3.79. The Morgan fingerprint density at radius 1 is 1.03 bits per heavy atom. The molecule has 0 saturated carbocycles. The highest BCUT2D eigenvalue weighted by Gasteiger charge is 2.50. The van der Waals surface area contributed by atoms with E-state index in [1.165, 1.54) is 0 Å². The Morgan fingerprint density at radius 2 is 1.63 bits per heavy atom. The maximum absolute atomic E-state index is 12.9. The first kappa shape index (κ1) is 22.2. The molecule has 0 radical (unpaired) electrons. The van der Waals surface area contributed by atoms with Gasteiger partial charge in [-0.25, -0.2) is 5.43 Å². The number of amides is 3. The molecule has 0 aromatic heterocycles. The molecule has 178 valence electrons. The number of imide groups is 1. The SMILES string of the molecule is O=C(NN=C1CC(N2C(=O)c3ccccc3C2=O)C2COC1O2)c1cc([N+](=O)[O-])cc([N+](=O)[O-])c1. The number of hydrazone groups is 1. The van der Waals surface area contributed by atoms with Crippen LogP contribution >= 0.6 is 0 Å². The number of non-ortho nitro benzene ring substituents is 2. The maximum Gasteiger partial charge on any atom is 0.277 e. The Balaban J connectivity index is 1.38. The highest BCUT2D eigenvalue weighted by Crippen LogP contribution is 2.34. The number of rotatable bonds is 5. The van der Waals surface area contributed by atoms with Gasteiger partial charge in [-0.2, -0.15) is 5.10 Å². The number of hydrogen-bond donors (Lipinski definition) is 1. The highest BCUT2D eigenvalue weighted by molar-refractivity contribution is 6.21. The standard InChI is InChI=1S/C21H15N5O9/c27-18(10-5-11(25(30)31)7-12(6-10)26(32)33)23-22-15-8-16(17-9-34-21(15)35-17)24-19(28)13-3-1-2-4-14(13)20(24)29/h1-7,16-17,21H,8-9H2,(H,23,27). The van der Waals surface area contributed by atoms with Crippen molar-refractivity contribution < 1.29 is 33.7 Å². The van der Waals surface area contributed by atoms with Crippen molar-refractivity contribution in [3.8, 4) is 0 Å². The van der Waals surface area contributed by atoms with Crippen LogP contribution in [0, 0.1) is 20.2 Å². The van der Waals surface area contributed by atoms with Crippen molar-refractivity contribution in [2.24, 2.45) is 5.10 Å². The zero-order valence-electron chi connectivity index (χ0n) is 17.7. The van der Waals surface area contributed by atoms with Gasteiger partial charge in [-0.15, -0.1) is 0 Å². The van der Waals surface area contributed by atoms with Crippen LogP contribution in [0.5, 0.6) is 0 Å². The average Bonchev–Trinajstić information content (AvgIpc) is 3.38. The van der Waals surface area contributed by atoms with E-state index in [0.717, 1.165) is 23.1 Å². The lowest BCUT2D eigenvalue weighted by Crippen LogP contribution is -2.52. The number of ether oxygens (including phenoxy) is 2. The fourth-order valence-electron chi connectivity index (χ4n) is 4.23. The summed E-state index contributed by atoms with van der Waals surface area (Å²) in [4.78, 5) is 59.9. The predicted octanol–water partition coefficient (Wildman–Crippen LogP) is 1.40. The van der Waals surface area contributed by atoms with Gasteiger partial charge in [-0.1, -0.05) is 12.1 Å². The van der Waals surface area contributed by atoms with E-state index in [-0.39, 0.29) is 35.4 Å². The summed E-state index contributed by atoms with van der Waals surface area (Å²) in [7, 11) is 0. The van der Waals surface area contributed by atoms with Crippen molar-refractivity contribution in [1.29, 1.82) is 0 Å². The van der Waals surface area contributed by atoms with Gasteiger partial charge in [0.05, 0.1) is 51.0 Å². The van der Waals surface area contributed by atoms with E-state index in [4.69, 9.17) is 9.47 Å². The van der Waals surface area contributed by atoms with Crippen LogP contribution in [0.1, 0.15) is 37.5 Å². The van der Waals surface area contributed by atoms with Gasteiger partial charge in [0.15, 0.2) is 6.29 Å². The van der Waals surface area contributed by atoms with Crippen LogP contribution in [0.2, 0.25) is 0 Å². The van der Waals surface area contributed by atoms with E-state index in [1.54, 1.807) is 24.3 Å². The minimum absolute atomic E-state index is 0.0518. The Kier molecular flexibility index (Phi) is 5.30. The molecule has 0 spiro atoms. The number of benzene rings is 2. The lowest BCUT2D eigenvalue weighted by Gasteiger charge is -2.33. The molecule has 3 aliphatic heterocycles. The van der Waals surface area contributed by atoms with Crippen LogP contribution in [0.25, 0.3) is 0 Å². The van der Waals surface area contributed by atoms with Gasteiger partial charge in [-0.3, -0.25) is 39.5 Å². The Morgan fingerprint density at radius 3 is 2.20 bits per heavy atom. The number of nitrogens with zero attached hydrogens (tertiary/aromatic N) is 4. The van der Waals surface area contributed by atoms with Crippen LogP contribution in [0.3, 0.4) is 0 Å². The van der Waals surface area contributed by atoms with Crippen LogP contribution in [-0.4, -0.2) is 63.2 Å². The van der Waals surface area contributed by atoms with Crippen molar-refractivity contribution in [2.75, 3.05) is 6.61 Å². The van der Waals surface area contributed by atoms with Gasteiger partial charge < -0.3 is 9.47 Å². The maximum atomic E-state index is 12.9. The molecular weight excluding hydrogens is 466 g/mol. The molecule has 14 heteroatoms. The number of nitrogens with one attached hydrogen (secondary N) is 1. The molecule has 1 N–H and O–H groups in total. The van der Waals surface area contributed by atoms with Gasteiger partial charge in [0.25, 0.3) is 29.1 Å². The highest BCUT2D eigenvalue weighted by atomic mass is 16.7. The minimum atomic E-state index is -0.943. The van der Waals surface area contributed by atoms with Crippen LogP contribution in [0.15, 0.2) is 47.6 Å². The monoisotopic (exact) mass is 481 g/mol. The van der Waals surface area contributed by atoms with Crippen molar-refractivity contribution >= 4 is 34.8 Å². The first-order valence-corrected chi connectivity index (χ1v) is 10.3. The summed E-state index contributed by atoms with van der Waals surface area (Å²) in [5.74, 6) is -1.89. The Bertz CT molecular complexity index is 1270. The molecule has 3 aliphatic rings. The number of carbonyl (C=O) groups excluding carboxylic acids is 3. The van der Waals surface area contributed by atoms with Crippen LogP contribution < -0.4 is 5.43 Å². The van der Waals surface area contributed by atoms with E-state index in [9.17, 15) is 34.6 Å². The zero-order valence-corrected chi connectivity index (χ0v) is 17.7. The van der Waals surface area contributed by atoms with E-state index in [2.05, 4.69) is 10.5 Å². The summed E-state index contributed by atoms with van der Waals surface area (Å²) in [6.07, 6.45) is -1.46. The second-order valence-electron chi connectivity index (χ2n) is 7.93. The summed E-state index contributed by atoms with van der Waals surface area (Å²) in [6.45, 7) is 0.0901. The number of nitro groups is 2. The molecule has 2 aromatic carbocycles. The largest absolute Gasteiger partial charge is 0.344 e. The van der Waals surface area contributed by atoms with Crippen LogP contribution in [-0.2, 0) is 9.47 Å². The van der Waals surface area contributed by atoms with E-state index < -0.39 is 57.4 Å². The molecule has 2 bridgehead atoms. The molecule has 14 nitrogen and oxygen atoms in total. The molecule has 35 heavy (non-hydrogen) atoms. The van der Waals surface area contributed by atoms with Gasteiger partial charge in [0.2, 0.25) is 0 Å². The number of carbonyl (C=O) groups is 3. The van der Waals surface area contributed by atoms with Gasteiger partial charge in [-0.05, 0) is 12.1 Å². The van der Waals surface area contributed by atoms with E-state index >= 15 is 0 Å². The molecule has 2 fully saturated rings. The lowest BCUT2D eigenvalue weighted by atomic mass is 10.0. The second-order valence-corrected chi connectivity index (χ2v) is 7.93. The first-order chi connectivity index (χ1) is 16.7. The fraction of sp³-hybridized carbons (Fsp3) is 0.238. The Hall–Kier alpha value is -4.56. The third-order valence-electron chi connectivity index (χ3n) is 5.87. The van der Waals surface area contributed by atoms with Gasteiger partial charge >= 0.3 is 0 Å². The third-order valence-corrected chi connectivity index (χ3v) is 5.87. The summed E-state index contributed by atoms with van der Waals surface area (Å²) < 4.78 is 11.3. The second kappa shape index (κ2) is 8.34. The normalized spacial score (nSPS) is 23.9. The molecule has 2 aromatic rings. The fourth-order valence-corrected chi connectivity index (χ4v) is 4.23. The van der Waals surface area contributed by atoms with Crippen LogP contribution in [0.4, 0.5) is 11.4 Å². The van der Waals surface area contributed by atoms with Gasteiger partial charge in [0.1, 0.15) is 6.10 Å². The van der Waals surface area contributed by atoms with E-state index in [0.29, 0.717) is 0 Å². The molecule has 5 rings (SSSR count). The molecule has 3 atom stereocenters. The summed E-state index contributed by atoms with van der Waals surface area (Å²) >= 11 is 0. The summed E-state index contributed by atoms with van der Waals surface area (Å²) in [5, 5.41) is 26.1. The van der Waals surface area contributed by atoms with Crippen molar-refractivity contribution in [3.63, 3.8) is 0 Å². The summed E-state index contributed by atoms with van der Waals surface area (Å²) in [5.41, 5.74) is 1.30. The molecule has 2 saturated heterocycles. The minimum Gasteiger partial charge on any atom is -0.344 e. The smallest absolute Gasteiger partial charge is 0.277 e. The van der Waals surface area contributed by atoms with E-state index in [1.807, 2.05) is 0 Å². The zero-order chi connectivity index (χ0) is 24.9.